The summed E-state index contributed by atoms with van der Waals surface area (Å²) in [5, 5.41) is 27.8. The van der Waals surface area contributed by atoms with Gasteiger partial charge >= 0.3 is 5.65 Å². The van der Waals surface area contributed by atoms with Crippen molar-refractivity contribution in [3.8, 4) is 0 Å². The van der Waals surface area contributed by atoms with Crippen LogP contribution in [0.2, 0.25) is 0 Å². The lowest BCUT2D eigenvalue weighted by Gasteiger charge is -2.20. The fraction of sp³-hybridized carbons (Fsp3) is 0.700. The van der Waals surface area contributed by atoms with Gasteiger partial charge in [0.2, 0.25) is 11.7 Å². The summed E-state index contributed by atoms with van der Waals surface area (Å²) in [7, 11) is -0.558. The van der Waals surface area contributed by atoms with Gasteiger partial charge in [-0.25, -0.2) is 23.6 Å². The van der Waals surface area contributed by atoms with Gasteiger partial charge in [0.05, 0.1) is 6.10 Å². The van der Waals surface area contributed by atoms with Crippen molar-refractivity contribution in [3.63, 3.8) is 0 Å². The highest BCUT2D eigenvalue weighted by Gasteiger charge is 2.73. The van der Waals surface area contributed by atoms with Gasteiger partial charge in [0.1, 0.15) is 18.3 Å². The van der Waals surface area contributed by atoms with Gasteiger partial charge in [0.15, 0.2) is 35.6 Å². The Morgan fingerprint density at radius 3 is 2.62 bits per heavy atom. The molecule has 12 heteroatoms. The zero-order valence-electron chi connectivity index (χ0n) is 18.9. The number of aliphatic hydroxyl groups is 2. The van der Waals surface area contributed by atoms with Crippen LogP contribution < -0.4 is 9.58 Å². The number of ether oxygens (including phenoxy) is 1. The molecule has 3 N–H and O–H groups in total. The van der Waals surface area contributed by atoms with E-state index in [-0.39, 0.29) is 17.4 Å². The lowest BCUT2D eigenvalue weighted by molar-refractivity contribution is -0.745. The molecule has 0 amide bonds. The number of anilines is 1. The van der Waals surface area contributed by atoms with Crippen LogP contribution in [0.25, 0.3) is 11.2 Å². The largest absolute Gasteiger partial charge is 0.387 e. The lowest BCUT2D eigenvalue weighted by atomic mass is 10.0. The molecule has 0 aliphatic carbocycles. The molecule has 3 aliphatic heterocycles. The van der Waals surface area contributed by atoms with Crippen molar-refractivity contribution in [1.29, 1.82) is 0 Å². The summed E-state index contributed by atoms with van der Waals surface area (Å²) >= 11 is 0. The highest BCUT2D eigenvalue weighted by atomic mass is 31.2. The maximum absolute atomic E-state index is 10.9. The SMILES string of the molecule is CCC(C[C@H]1OC([n+]2cn3c4c(ncnc42)N(C)N=C3C)[C@H](O)[C@@H]1O)O[P+]1(O)C(C)C1C. The third-order valence-corrected chi connectivity index (χ3v) is 10.6. The van der Waals surface area contributed by atoms with Gasteiger partial charge in [-0.2, -0.15) is 4.98 Å². The molecule has 0 aromatic carbocycles. The Labute approximate surface area is 186 Å². The normalized spacial score (nSPS) is 37.1. The van der Waals surface area contributed by atoms with Crippen molar-refractivity contribution >= 4 is 30.5 Å². The standard InChI is InChI=1S/C20H31N6O5P/c1-6-13(31-32(29)10(2)11(32)3)7-14-16(27)17(28)20(30-14)26-9-25-12(4)23-24(5)18-15(25)19(26)22-8-21-18/h8-11,13-14,16-17,20,27-29H,6-7H2,1-5H3/q+2/t10?,11?,13?,14-,16-,17-,20?,32?/m1/s1. The second-order valence-electron chi connectivity index (χ2n) is 9.00. The van der Waals surface area contributed by atoms with E-state index < -0.39 is 32.3 Å². The molecule has 2 aromatic heterocycles. The predicted molar refractivity (Wildman–Crippen MR) is 118 cm³/mol. The Morgan fingerprint density at radius 1 is 1.25 bits per heavy atom. The van der Waals surface area contributed by atoms with E-state index in [1.807, 2.05) is 39.3 Å². The number of rotatable bonds is 6. The molecule has 0 spiro atoms. The van der Waals surface area contributed by atoms with Crippen molar-refractivity contribution in [2.24, 2.45) is 5.10 Å². The van der Waals surface area contributed by atoms with Crippen molar-refractivity contribution in [1.82, 2.24) is 14.5 Å². The smallest absolute Gasteiger partial charge is 0.310 e. The van der Waals surface area contributed by atoms with Crippen LogP contribution in [0.1, 0.15) is 46.8 Å². The molecule has 5 rings (SSSR count). The van der Waals surface area contributed by atoms with E-state index in [0.717, 1.165) is 11.4 Å². The fourth-order valence-electron chi connectivity index (χ4n) is 4.74. The first-order valence-electron chi connectivity index (χ1n) is 11.0. The van der Waals surface area contributed by atoms with Crippen molar-refractivity contribution in [2.75, 3.05) is 12.1 Å². The highest BCUT2D eigenvalue weighted by molar-refractivity contribution is 7.74. The van der Waals surface area contributed by atoms with Crippen LogP contribution in [0.5, 0.6) is 0 Å². The number of hydrogen-bond acceptors (Lipinski definition) is 9. The number of aromatic nitrogens is 4. The van der Waals surface area contributed by atoms with Crippen molar-refractivity contribution in [3.05, 3.63) is 12.7 Å². The Morgan fingerprint density at radius 2 is 1.97 bits per heavy atom. The Kier molecular flexibility index (Phi) is 5.27. The molecule has 2 saturated heterocycles. The molecular weight excluding hydrogens is 435 g/mol. The molecule has 2 fully saturated rings. The third-order valence-electron chi connectivity index (χ3n) is 7.11. The zero-order chi connectivity index (χ0) is 22.9. The van der Waals surface area contributed by atoms with E-state index in [0.29, 0.717) is 24.3 Å². The molecule has 7 atom stereocenters. The molecule has 0 bridgehead atoms. The first kappa shape index (κ1) is 22.1. The number of hydrogen-bond donors (Lipinski definition) is 3. The van der Waals surface area contributed by atoms with Crippen LogP contribution in [0.15, 0.2) is 17.8 Å². The summed E-state index contributed by atoms with van der Waals surface area (Å²) in [6.07, 6.45) is 0.338. The van der Waals surface area contributed by atoms with E-state index in [2.05, 4.69) is 15.1 Å². The number of aliphatic hydroxyl groups excluding tert-OH is 2. The molecule has 32 heavy (non-hydrogen) atoms. The molecule has 11 nitrogen and oxygen atoms in total. The van der Waals surface area contributed by atoms with E-state index in [1.54, 1.807) is 15.9 Å². The zero-order valence-corrected chi connectivity index (χ0v) is 19.8. The minimum absolute atomic E-state index is 0.178. The van der Waals surface area contributed by atoms with Crippen LogP contribution in [-0.2, 0) is 9.26 Å². The summed E-state index contributed by atoms with van der Waals surface area (Å²) in [6, 6.07) is 0. The summed E-state index contributed by atoms with van der Waals surface area (Å²) in [5.41, 5.74) is 1.70. The van der Waals surface area contributed by atoms with Gasteiger partial charge in [0.25, 0.3) is 7.72 Å². The first-order valence-corrected chi connectivity index (χ1v) is 12.8. The van der Waals surface area contributed by atoms with Gasteiger partial charge in [0, 0.05) is 20.4 Å². The molecule has 0 saturated carbocycles. The van der Waals surface area contributed by atoms with Crippen LogP contribution in [0.3, 0.4) is 0 Å². The minimum atomic E-state index is -2.37. The van der Waals surface area contributed by atoms with Gasteiger partial charge < -0.3 is 14.9 Å². The topological polar surface area (TPSA) is 129 Å². The second kappa shape index (κ2) is 7.65. The van der Waals surface area contributed by atoms with Gasteiger partial charge in [-0.1, -0.05) is 11.9 Å². The average Bonchev–Trinajstić information content (AvgIpc) is 3.07. The molecule has 2 aromatic rings. The summed E-state index contributed by atoms with van der Waals surface area (Å²) in [6.45, 7) is 7.87. The summed E-state index contributed by atoms with van der Waals surface area (Å²) in [4.78, 5) is 19.5. The maximum atomic E-state index is 10.9. The lowest BCUT2D eigenvalue weighted by Crippen LogP contribution is -2.46. The minimum Gasteiger partial charge on any atom is -0.387 e. The molecule has 0 radical (unpaired) electrons. The Bertz CT molecular complexity index is 1070. The Hall–Kier alpha value is -1.75. The van der Waals surface area contributed by atoms with Crippen LogP contribution >= 0.6 is 7.72 Å². The number of imidazole rings is 1. The Balaban J connectivity index is 1.41. The number of nitrogens with zero attached hydrogens (tertiary/aromatic N) is 6. The van der Waals surface area contributed by atoms with Crippen LogP contribution in [0, 0.1) is 0 Å². The highest BCUT2D eigenvalue weighted by Crippen LogP contribution is 2.82. The quantitative estimate of drug-likeness (QED) is 0.421. The first-order chi connectivity index (χ1) is 15.2. The fourth-order valence-corrected chi connectivity index (χ4v) is 7.45. The van der Waals surface area contributed by atoms with E-state index in [4.69, 9.17) is 9.26 Å². The van der Waals surface area contributed by atoms with E-state index in [1.165, 1.54) is 6.33 Å². The molecule has 4 unspecified atom stereocenters. The molecule has 3 aliphatic rings. The second-order valence-corrected chi connectivity index (χ2v) is 12.2. The van der Waals surface area contributed by atoms with Crippen molar-refractivity contribution < 1.29 is 28.9 Å². The summed E-state index contributed by atoms with van der Waals surface area (Å²) in [5.74, 6) is 1.38. The van der Waals surface area contributed by atoms with E-state index >= 15 is 0 Å². The third kappa shape index (κ3) is 3.18. The summed E-state index contributed by atoms with van der Waals surface area (Å²) < 4.78 is 15.8. The molecule has 5 heterocycles. The van der Waals surface area contributed by atoms with Gasteiger partial charge in [-0.05, 0) is 20.3 Å². The van der Waals surface area contributed by atoms with Gasteiger partial charge in [-0.15, -0.1) is 5.10 Å². The van der Waals surface area contributed by atoms with Crippen LogP contribution in [-0.4, -0.2) is 78.3 Å². The predicted octanol–water partition coefficient (Wildman–Crippen LogP) is 0.785. The average molecular weight is 466 g/mol. The van der Waals surface area contributed by atoms with Gasteiger partial charge in [-0.3, -0.25) is 0 Å². The number of hydrazone groups is 1. The molecule has 174 valence electrons. The van der Waals surface area contributed by atoms with E-state index in [9.17, 15) is 15.1 Å². The van der Waals surface area contributed by atoms with Crippen LogP contribution in [0.4, 0.5) is 5.82 Å². The maximum Gasteiger partial charge on any atom is 0.310 e. The van der Waals surface area contributed by atoms with Crippen molar-refractivity contribution in [2.45, 2.75) is 82.5 Å². The monoisotopic (exact) mass is 466 g/mol. The molecular formula is C20H31N6O5P+2.